The molecule has 110 valence electrons. The normalized spacial score (nSPS) is 11.6. The molecule has 0 saturated carbocycles. The summed E-state index contributed by atoms with van der Waals surface area (Å²) in [6, 6.07) is 2.14. The summed E-state index contributed by atoms with van der Waals surface area (Å²) in [7, 11) is 2.08. The Hall–Kier alpha value is -1.50. The highest BCUT2D eigenvalue weighted by Gasteiger charge is 2.13. The molecule has 0 radical (unpaired) electrons. The third-order valence-electron chi connectivity index (χ3n) is 3.55. The molecule has 0 unspecified atom stereocenters. The van der Waals surface area contributed by atoms with Crippen molar-refractivity contribution in [1.82, 2.24) is 14.9 Å². The molecule has 0 aliphatic heterocycles. The Bertz CT molecular complexity index is 762. The molecule has 2 N–H and O–H groups in total. The fourth-order valence-corrected chi connectivity index (χ4v) is 4.10. The van der Waals surface area contributed by atoms with Crippen LogP contribution >= 0.6 is 22.7 Å². The van der Waals surface area contributed by atoms with Crippen molar-refractivity contribution in [2.45, 2.75) is 26.9 Å². The van der Waals surface area contributed by atoms with Gasteiger partial charge in [-0.3, -0.25) is 4.90 Å². The smallest absolute Gasteiger partial charge is 0.146 e. The molecule has 0 aliphatic carbocycles. The second-order valence-corrected chi connectivity index (χ2v) is 7.28. The molecule has 0 atom stereocenters. The highest BCUT2D eigenvalue weighted by molar-refractivity contribution is 7.18. The van der Waals surface area contributed by atoms with Crippen LogP contribution in [0.1, 0.15) is 21.8 Å². The van der Waals surface area contributed by atoms with E-state index < -0.39 is 0 Å². The lowest BCUT2D eigenvalue weighted by molar-refractivity contribution is 0.311. The van der Waals surface area contributed by atoms with Crippen LogP contribution in [-0.4, -0.2) is 21.9 Å². The second-order valence-electron chi connectivity index (χ2n) is 5.29. The minimum Gasteiger partial charge on any atom is -0.383 e. The molecular formula is C15H18N4S2. The molecule has 0 fully saturated rings. The number of aryl methyl sites for hydroxylation is 2. The monoisotopic (exact) mass is 318 g/mol. The summed E-state index contributed by atoms with van der Waals surface area (Å²) in [5, 5.41) is 5.28. The third-order valence-corrected chi connectivity index (χ3v) is 5.38. The molecule has 0 aliphatic rings. The number of hydrogen-bond acceptors (Lipinski definition) is 6. The summed E-state index contributed by atoms with van der Waals surface area (Å²) in [4.78, 5) is 13.6. The van der Waals surface area contributed by atoms with Crippen molar-refractivity contribution in [1.29, 1.82) is 0 Å². The molecule has 0 spiro atoms. The molecule has 4 nitrogen and oxygen atoms in total. The van der Waals surface area contributed by atoms with Crippen molar-refractivity contribution >= 4 is 38.7 Å². The van der Waals surface area contributed by atoms with Crippen LogP contribution in [0, 0.1) is 13.8 Å². The fraction of sp³-hybridized carbons (Fsp3) is 0.333. The minimum atomic E-state index is 0.598. The van der Waals surface area contributed by atoms with Crippen LogP contribution in [-0.2, 0) is 13.1 Å². The van der Waals surface area contributed by atoms with E-state index in [0.717, 1.165) is 22.6 Å². The maximum Gasteiger partial charge on any atom is 0.146 e. The summed E-state index contributed by atoms with van der Waals surface area (Å²) >= 11 is 3.41. The molecule has 6 heteroatoms. The molecule has 21 heavy (non-hydrogen) atoms. The molecule has 3 rings (SSSR count). The minimum absolute atomic E-state index is 0.598. The van der Waals surface area contributed by atoms with Gasteiger partial charge in [-0.1, -0.05) is 0 Å². The van der Waals surface area contributed by atoms with Gasteiger partial charge in [0.25, 0.3) is 0 Å². The number of thiophene rings is 2. The number of hydrogen-bond donors (Lipinski definition) is 1. The zero-order valence-corrected chi connectivity index (χ0v) is 14.0. The Morgan fingerprint density at radius 2 is 2.05 bits per heavy atom. The number of anilines is 1. The molecule has 0 aromatic carbocycles. The summed E-state index contributed by atoms with van der Waals surface area (Å²) in [6.07, 6.45) is 0. The highest BCUT2D eigenvalue weighted by Crippen LogP contribution is 2.31. The molecule has 3 aromatic rings. The van der Waals surface area contributed by atoms with Gasteiger partial charge in [0.05, 0.1) is 11.9 Å². The largest absolute Gasteiger partial charge is 0.383 e. The number of nitrogen functional groups attached to an aromatic ring is 1. The van der Waals surface area contributed by atoms with Crippen molar-refractivity contribution < 1.29 is 0 Å². The average Bonchev–Trinajstić information content (AvgIpc) is 2.99. The molecular weight excluding hydrogens is 300 g/mol. The lowest BCUT2D eigenvalue weighted by Gasteiger charge is -2.15. The predicted octanol–water partition coefficient (Wildman–Crippen LogP) is 3.58. The first kappa shape index (κ1) is 14.4. The lowest BCUT2D eigenvalue weighted by Crippen LogP contribution is -2.19. The van der Waals surface area contributed by atoms with Crippen molar-refractivity contribution in [3.63, 3.8) is 0 Å². The summed E-state index contributed by atoms with van der Waals surface area (Å²) in [5.74, 6) is 1.39. The van der Waals surface area contributed by atoms with E-state index >= 15 is 0 Å². The molecule has 3 aromatic heterocycles. The standard InChI is InChI=1S/C15H18N4S2/c1-9-10(2)21-15-13(9)14(16)17-12(18-15)7-19(3)6-11-4-5-20-8-11/h4-5,8H,6-7H2,1-3H3,(H2,16,17,18). The first-order valence-corrected chi connectivity index (χ1v) is 8.52. The van der Waals surface area contributed by atoms with E-state index in [9.17, 15) is 0 Å². The van der Waals surface area contributed by atoms with Crippen molar-refractivity contribution in [3.05, 3.63) is 38.7 Å². The van der Waals surface area contributed by atoms with Gasteiger partial charge in [-0.05, 0) is 48.8 Å². The second kappa shape index (κ2) is 5.71. The molecule has 0 amide bonds. The van der Waals surface area contributed by atoms with E-state index in [2.05, 4.69) is 52.6 Å². The van der Waals surface area contributed by atoms with Crippen molar-refractivity contribution in [2.24, 2.45) is 0 Å². The molecule has 0 bridgehead atoms. The number of nitrogens with zero attached hydrogens (tertiary/aromatic N) is 3. The number of aromatic nitrogens is 2. The quantitative estimate of drug-likeness (QED) is 0.799. The van der Waals surface area contributed by atoms with Gasteiger partial charge in [-0.25, -0.2) is 9.97 Å². The predicted molar refractivity (Wildman–Crippen MR) is 90.8 cm³/mol. The van der Waals surface area contributed by atoms with Gasteiger partial charge in [0, 0.05) is 11.4 Å². The van der Waals surface area contributed by atoms with E-state index in [1.165, 1.54) is 16.0 Å². The zero-order chi connectivity index (χ0) is 15.0. The SMILES string of the molecule is Cc1sc2nc(CN(C)Cc3ccsc3)nc(N)c2c1C. The lowest BCUT2D eigenvalue weighted by atomic mass is 10.2. The Labute approximate surface area is 132 Å². The van der Waals surface area contributed by atoms with Crippen LogP contribution in [0.25, 0.3) is 10.2 Å². The Morgan fingerprint density at radius 1 is 1.24 bits per heavy atom. The summed E-state index contributed by atoms with van der Waals surface area (Å²) < 4.78 is 0. The van der Waals surface area contributed by atoms with E-state index in [1.54, 1.807) is 22.7 Å². The first-order valence-electron chi connectivity index (χ1n) is 6.76. The molecule has 3 heterocycles. The summed E-state index contributed by atoms with van der Waals surface area (Å²) in [6.45, 7) is 5.78. The van der Waals surface area contributed by atoms with Crippen molar-refractivity contribution in [2.75, 3.05) is 12.8 Å². The van der Waals surface area contributed by atoms with Crippen LogP contribution < -0.4 is 5.73 Å². The number of rotatable bonds is 4. The van der Waals surface area contributed by atoms with Gasteiger partial charge in [0.2, 0.25) is 0 Å². The van der Waals surface area contributed by atoms with Gasteiger partial charge in [0.15, 0.2) is 0 Å². The fourth-order valence-electron chi connectivity index (χ4n) is 2.39. The third kappa shape index (κ3) is 2.92. The van der Waals surface area contributed by atoms with Gasteiger partial charge < -0.3 is 5.73 Å². The van der Waals surface area contributed by atoms with Crippen LogP contribution in [0.15, 0.2) is 16.8 Å². The summed E-state index contributed by atoms with van der Waals surface area (Å²) in [5.41, 5.74) is 8.64. The molecule has 0 saturated heterocycles. The van der Waals surface area contributed by atoms with Crippen LogP contribution in [0.5, 0.6) is 0 Å². The van der Waals surface area contributed by atoms with E-state index in [0.29, 0.717) is 12.4 Å². The van der Waals surface area contributed by atoms with E-state index in [4.69, 9.17) is 5.73 Å². The first-order chi connectivity index (χ1) is 10.0. The van der Waals surface area contributed by atoms with E-state index in [1.807, 2.05) is 0 Å². The maximum atomic E-state index is 6.12. The van der Waals surface area contributed by atoms with Gasteiger partial charge >= 0.3 is 0 Å². The average molecular weight is 318 g/mol. The topological polar surface area (TPSA) is 55.0 Å². The van der Waals surface area contributed by atoms with Gasteiger partial charge in [0.1, 0.15) is 16.5 Å². The van der Waals surface area contributed by atoms with Crippen LogP contribution in [0.3, 0.4) is 0 Å². The van der Waals surface area contributed by atoms with Crippen molar-refractivity contribution in [3.8, 4) is 0 Å². The Balaban J connectivity index is 1.84. The van der Waals surface area contributed by atoms with Gasteiger partial charge in [-0.15, -0.1) is 11.3 Å². The number of fused-ring (bicyclic) bond motifs is 1. The van der Waals surface area contributed by atoms with E-state index in [-0.39, 0.29) is 0 Å². The van der Waals surface area contributed by atoms with Gasteiger partial charge in [-0.2, -0.15) is 11.3 Å². The zero-order valence-electron chi connectivity index (χ0n) is 12.4. The van der Waals surface area contributed by atoms with Crippen LogP contribution in [0.2, 0.25) is 0 Å². The Kier molecular flexibility index (Phi) is 3.93. The maximum absolute atomic E-state index is 6.12. The highest BCUT2D eigenvalue weighted by atomic mass is 32.1. The Morgan fingerprint density at radius 3 is 2.76 bits per heavy atom. The number of nitrogens with two attached hydrogens (primary N) is 1. The van der Waals surface area contributed by atoms with Crippen LogP contribution in [0.4, 0.5) is 5.82 Å².